The number of phenolic OH excluding ortho intramolecular Hbond substituents is 1. The molecular formula is C18H15F3N2O. The zero-order valence-electron chi connectivity index (χ0n) is 12.9. The molecule has 6 heteroatoms. The van der Waals surface area contributed by atoms with Gasteiger partial charge in [0.15, 0.2) is 0 Å². The van der Waals surface area contributed by atoms with Gasteiger partial charge in [-0.15, -0.1) is 0 Å². The highest BCUT2D eigenvalue weighted by Gasteiger charge is 2.39. The molecule has 0 saturated carbocycles. The average Bonchev–Trinajstić information content (AvgIpc) is 2.86. The molecule has 0 aliphatic carbocycles. The molecule has 1 aliphatic heterocycles. The first-order chi connectivity index (χ1) is 11.4. The molecule has 1 aliphatic rings. The Morgan fingerprint density at radius 3 is 2.38 bits per heavy atom. The van der Waals surface area contributed by atoms with E-state index in [1.807, 2.05) is 11.8 Å². The molecule has 0 aromatic heterocycles. The summed E-state index contributed by atoms with van der Waals surface area (Å²) >= 11 is 0. The number of aromatic hydroxyl groups is 1. The monoisotopic (exact) mass is 332 g/mol. The fourth-order valence-corrected chi connectivity index (χ4v) is 3.29. The van der Waals surface area contributed by atoms with Gasteiger partial charge in [0.25, 0.3) is 0 Å². The van der Waals surface area contributed by atoms with Gasteiger partial charge < -0.3 is 10.0 Å². The van der Waals surface area contributed by atoms with E-state index in [1.165, 1.54) is 18.2 Å². The van der Waals surface area contributed by atoms with E-state index in [0.29, 0.717) is 12.1 Å². The van der Waals surface area contributed by atoms with E-state index in [4.69, 9.17) is 0 Å². The van der Waals surface area contributed by atoms with Crippen molar-refractivity contribution in [1.29, 1.82) is 5.26 Å². The maximum atomic E-state index is 12.8. The van der Waals surface area contributed by atoms with Crippen LogP contribution in [0.5, 0.6) is 5.75 Å². The molecule has 3 rings (SSSR count). The number of fused-ring (bicyclic) bond motifs is 1. The Morgan fingerprint density at radius 1 is 1.17 bits per heavy atom. The number of nitriles is 1. The highest BCUT2D eigenvalue weighted by molar-refractivity contribution is 5.67. The number of anilines is 1. The van der Waals surface area contributed by atoms with E-state index in [1.54, 1.807) is 12.1 Å². The Bertz CT molecular complexity index is 793. The lowest BCUT2D eigenvalue weighted by Crippen LogP contribution is -2.26. The second kappa shape index (κ2) is 5.75. The maximum Gasteiger partial charge on any atom is 0.416 e. The minimum Gasteiger partial charge on any atom is -0.508 e. The number of halogens is 3. The number of phenols is 1. The number of benzene rings is 2. The van der Waals surface area contributed by atoms with Gasteiger partial charge in [0, 0.05) is 18.3 Å². The number of rotatable bonds is 2. The van der Waals surface area contributed by atoms with E-state index >= 15 is 0 Å². The molecule has 24 heavy (non-hydrogen) atoms. The molecule has 0 spiro atoms. The largest absolute Gasteiger partial charge is 0.508 e. The first-order valence-electron chi connectivity index (χ1n) is 7.53. The van der Waals surface area contributed by atoms with Crippen LogP contribution in [0.4, 0.5) is 18.9 Å². The summed E-state index contributed by atoms with van der Waals surface area (Å²) in [6, 6.07) is 11.6. The van der Waals surface area contributed by atoms with E-state index in [-0.39, 0.29) is 11.8 Å². The lowest BCUT2D eigenvalue weighted by molar-refractivity contribution is -0.137. The maximum absolute atomic E-state index is 12.8. The zero-order valence-corrected chi connectivity index (χ0v) is 12.9. The van der Waals surface area contributed by atoms with Crippen molar-refractivity contribution in [3.63, 3.8) is 0 Å². The standard InChI is InChI=1S/C18H15F3N2O/c1-2-23-16-9-13(24)7-8-14(16)15(10-22)17(23)11-3-5-12(6-4-11)18(19,20)21/h3-9,15,17,24H,2H2,1H3. The molecule has 2 aromatic carbocycles. The van der Waals surface area contributed by atoms with E-state index in [0.717, 1.165) is 23.4 Å². The second-order valence-electron chi connectivity index (χ2n) is 5.70. The van der Waals surface area contributed by atoms with Crippen molar-refractivity contribution in [2.75, 3.05) is 11.4 Å². The fraction of sp³-hybridized carbons (Fsp3) is 0.278. The summed E-state index contributed by atoms with van der Waals surface area (Å²) in [6.07, 6.45) is -4.39. The van der Waals surface area contributed by atoms with Crippen molar-refractivity contribution in [1.82, 2.24) is 0 Å². The minimum absolute atomic E-state index is 0.0944. The Kier molecular flexibility index (Phi) is 3.88. The first kappa shape index (κ1) is 16.2. The fourth-order valence-electron chi connectivity index (χ4n) is 3.29. The summed E-state index contributed by atoms with van der Waals surface area (Å²) in [5.74, 6) is -0.408. The van der Waals surface area contributed by atoms with Gasteiger partial charge in [-0.3, -0.25) is 0 Å². The third-order valence-corrected chi connectivity index (χ3v) is 4.37. The highest BCUT2D eigenvalue weighted by Crippen LogP contribution is 2.49. The van der Waals surface area contributed by atoms with Crippen molar-refractivity contribution in [2.24, 2.45) is 0 Å². The number of nitrogens with zero attached hydrogens (tertiary/aromatic N) is 2. The number of likely N-dealkylation sites (N-methyl/N-ethyl adjacent to an activating group) is 1. The molecule has 124 valence electrons. The topological polar surface area (TPSA) is 47.3 Å². The number of hydrogen-bond donors (Lipinski definition) is 1. The van der Waals surface area contributed by atoms with Crippen LogP contribution < -0.4 is 4.90 Å². The van der Waals surface area contributed by atoms with E-state index in [9.17, 15) is 23.5 Å². The van der Waals surface area contributed by atoms with Crippen molar-refractivity contribution in [3.8, 4) is 11.8 Å². The van der Waals surface area contributed by atoms with Gasteiger partial charge in [-0.25, -0.2) is 0 Å². The predicted octanol–water partition coefficient (Wildman–Crippen LogP) is 4.60. The SMILES string of the molecule is CCN1c2cc(O)ccc2C(C#N)C1c1ccc(C(F)(F)F)cc1. The second-order valence-corrected chi connectivity index (χ2v) is 5.70. The van der Waals surface area contributed by atoms with Gasteiger partial charge in [0.1, 0.15) is 5.75 Å². The molecule has 1 N–H and O–H groups in total. The van der Waals surface area contributed by atoms with Gasteiger partial charge >= 0.3 is 6.18 Å². The third kappa shape index (κ3) is 2.56. The van der Waals surface area contributed by atoms with Crippen LogP contribution in [0.2, 0.25) is 0 Å². The van der Waals surface area contributed by atoms with Crippen LogP contribution in [0.25, 0.3) is 0 Å². The summed E-state index contributed by atoms with van der Waals surface area (Å²) in [6.45, 7) is 2.48. The molecule has 0 amide bonds. The van der Waals surface area contributed by atoms with E-state index in [2.05, 4.69) is 6.07 Å². The van der Waals surface area contributed by atoms with Crippen LogP contribution in [0.1, 0.15) is 35.6 Å². The summed E-state index contributed by atoms with van der Waals surface area (Å²) in [5, 5.41) is 19.3. The molecule has 3 nitrogen and oxygen atoms in total. The van der Waals surface area contributed by atoms with Crippen molar-refractivity contribution < 1.29 is 18.3 Å². The summed E-state index contributed by atoms with van der Waals surface area (Å²) < 4.78 is 38.3. The molecule has 0 fully saturated rings. The van der Waals surface area contributed by atoms with Crippen LogP contribution in [0.3, 0.4) is 0 Å². The van der Waals surface area contributed by atoms with Crippen LogP contribution in [-0.4, -0.2) is 11.7 Å². The highest BCUT2D eigenvalue weighted by atomic mass is 19.4. The molecule has 1 heterocycles. The third-order valence-electron chi connectivity index (χ3n) is 4.37. The van der Waals surface area contributed by atoms with Gasteiger partial charge in [-0.05, 0) is 36.2 Å². The summed E-state index contributed by atoms with van der Waals surface area (Å²) in [5.41, 5.74) is 1.46. The predicted molar refractivity (Wildman–Crippen MR) is 83.7 cm³/mol. The summed E-state index contributed by atoms with van der Waals surface area (Å²) in [4.78, 5) is 1.94. The Hall–Kier alpha value is -2.68. The van der Waals surface area contributed by atoms with Crippen molar-refractivity contribution >= 4 is 5.69 Å². The quantitative estimate of drug-likeness (QED) is 0.874. The first-order valence-corrected chi connectivity index (χ1v) is 7.53. The molecule has 2 unspecified atom stereocenters. The molecule has 2 aromatic rings. The van der Waals surface area contributed by atoms with Gasteiger partial charge in [-0.2, -0.15) is 18.4 Å². The molecule has 2 atom stereocenters. The van der Waals surface area contributed by atoms with Crippen molar-refractivity contribution in [2.45, 2.75) is 25.1 Å². The van der Waals surface area contributed by atoms with Crippen LogP contribution in [0.15, 0.2) is 42.5 Å². The van der Waals surface area contributed by atoms with Crippen molar-refractivity contribution in [3.05, 3.63) is 59.2 Å². The molecule has 0 bridgehead atoms. The normalized spacial score (nSPS) is 19.9. The van der Waals surface area contributed by atoms with Gasteiger partial charge in [-0.1, -0.05) is 18.2 Å². The minimum atomic E-state index is -4.39. The van der Waals surface area contributed by atoms with Gasteiger partial charge in [0.2, 0.25) is 0 Å². The Labute approximate surface area is 137 Å². The molecule has 0 radical (unpaired) electrons. The summed E-state index contributed by atoms with van der Waals surface area (Å²) in [7, 11) is 0. The molecular weight excluding hydrogens is 317 g/mol. The Balaban J connectivity index is 2.05. The van der Waals surface area contributed by atoms with E-state index < -0.39 is 17.7 Å². The lowest BCUT2D eigenvalue weighted by Gasteiger charge is -2.28. The average molecular weight is 332 g/mol. The Morgan fingerprint density at radius 2 is 1.83 bits per heavy atom. The molecule has 0 saturated heterocycles. The number of alkyl halides is 3. The zero-order chi connectivity index (χ0) is 17.5. The number of hydrogen-bond acceptors (Lipinski definition) is 3. The smallest absolute Gasteiger partial charge is 0.416 e. The van der Waals surface area contributed by atoms with Gasteiger partial charge in [0.05, 0.1) is 23.6 Å². The lowest BCUT2D eigenvalue weighted by atomic mass is 9.91. The van der Waals surface area contributed by atoms with Crippen LogP contribution >= 0.6 is 0 Å². The van der Waals surface area contributed by atoms with Crippen LogP contribution in [-0.2, 0) is 6.18 Å². The van der Waals surface area contributed by atoms with Crippen LogP contribution in [0, 0.1) is 11.3 Å².